The molecule has 0 radical (unpaired) electrons. The Labute approximate surface area is 224 Å². The van der Waals surface area contributed by atoms with Gasteiger partial charge in [0.25, 0.3) is 5.91 Å². The van der Waals surface area contributed by atoms with E-state index in [1.807, 2.05) is 73.7 Å². The quantitative estimate of drug-likeness (QED) is 0.325. The van der Waals surface area contributed by atoms with Crippen molar-refractivity contribution in [1.29, 1.82) is 0 Å². The standard InChI is InChI=1S/C31H34N6O/c1-3-36-17-19-37(20-18-36)22-24-10-12-26(13-11-24)30(38)33-27-14-9-23(2)29(21-27)35-31-32-16-15-28(34-31)25-7-5-4-6-8-25/h4-16,21H,3,17-20,22H2,1-2H3,(H,33,38)(H,32,34,35). The van der Waals surface area contributed by atoms with Gasteiger partial charge < -0.3 is 15.5 Å². The third kappa shape index (κ3) is 6.43. The number of likely N-dealkylation sites (N-methyl/N-ethyl adjacent to an activating group) is 1. The zero-order valence-corrected chi connectivity index (χ0v) is 22.0. The largest absolute Gasteiger partial charge is 0.324 e. The minimum Gasteiger partial charge on any atom is -0.324 e. The molecule has 1 saturated heterocycles. The highest BCUT2D eigenvalue weighted by Crippen LogP contribution is 2.25. The number of hydrogen-bond acceptors (Lipinski definition) is 6. The number of amides is 1. The number of hydrogen-bond donors (Lipinski definition) is 2. The molecular formula is C31H34N6O. The second-order valence-electron chi connectivity index (χ2n) is 9.65. The SMILES string of the molecule is CCN1CCN(Cc2ccc(C(=O)Nc3ccc(C)c(Nc4nccc(-c5ccccc5)n4)c3)cc2)CC1. The van der Waals surface area contributed by atoms with E-state index in [4.69, 9.17) is 0 Å². The Balaban J connectivity index is 1.22. The predicted octanol–water partition coefficient (Wildman–Crippen LogP) is 5.59. The Bertz CT molecular complexity index is 1370. The number of nitrogens with one attached hydrogen (secondary N) is 2. The molecule has 7 heteroatoms. The van der Waals surface area contributed by atoms with E-state index in [1.165, 1.54) is 5.56 Å². The average molecular weight is 507 g/mol. The van der Waals surface area contributed by atoms with Gasteiger partial charge >= 0.3 is 0 Å². The number of carbonyl (C=O) groups excluding carboxylic acids is 1. The van der Waals surface area contributed by atoms with Gasteiger partial charge in [0.05, 0.1) is 5.69 Å². The number of nitrogens with zero attached hydrogens (tertiary/aromatic N) is 4. The van der Waals surface area contributed by atoms with Crippen molar-refractivity contribution in [2.75, 3.05) is 43.4 Å². The summed E-state index contributed by atoms with van der Waals surface area (Å²) in [5.41, 5.74) is 6.31. The maximum absolute atomic E-state index is 13.0. The zero-order chi connectivity index (χ0) is 26.3. The summed E-state index contributed by atoms with van der Waals surface area (Å²) in [6, 6.07) is 25.6. The van der Waals surface area contributed by atoms with E-state index in [9.17, 15) is 4.79 Å². The minimum absolute atomic E-state index is 0.134. The zero-order valence-electron chi connectivity index (χ0n) is 22.0. The van der Waals surface area contributed by atoms with Gasteiger partial charge in [-0.05, 0) is 54.9 Å². The molecule has 1 aliphatic rings. The van der Waals surface area contributed by atoms with Crippen LogP contribution in [0.3, 0.4) is 0 Å². The molecular weight excluding hydrogens is 472 g/mol. The highest BCUT2D eigenvalue weighted by molar-refractivity contribution is 6.04. The fourth-order valence-electron chi connectivity index (χ4n) is 4.63. The lowest BCUT2D eigenvalue weighted by atomic mass is 10.1. The van der Waals surface area contributed by atoms with Crippen LogP contribution in [-0.4, -0.2) is 58.4 Å². The summed E-state index contributed by atoms with van der Waals surface area (Å²) in [7, 11) is 0. The molecule has 7 nitrogen and oxygen atoms in total. The van der Waals surface area contributed by atoms with Crippen molar-refractivity contribution >= 4 is 23.2 Å². The molecule has 2 heterocycles. The van der Waals surface area contributed by atoms with Crippen molar-refractivity contribution in [2.24, 2.45) is 0 Å². The molecule has 4 aromatic rings. The van der Waals surface area contributed by atoms with Crippen LogP contribution in [0.4, 0.5) is 17.3 Å². The maximum atomic E-state index is 13.0. The first-order valence-corrected chi connectivity index (χ1v) is 13.2. The van der Waals surface area contributed by atoms with Crippen LogP contribution in [0.5, 0.6) is 0 Å². The molecule has 3 aromatic carbocycles. The fourth-order valence-corrected chi connectivity index (χ4v) is 4.63. The molecule has 194 valence electrons. The van der Waals surface area contributed by atoms with Gasteiger partial charge in [0, 0.05) is 61.4 Å². The molecule has 2 N–H and O–H groups in total. The molecule has 1 aromatic heterocycles. The molecule has 0 saturated carbocycles. The molecule has 0 spiro atoms. The smallest absolute Gasteiger partial charge is 0.255 e. The minimum atomic E-state index is -0.134. The van der Waals surface area contributed by atoms with Crippen LogP contribution >= 0.6 is 0 Å². The van der Waals surface area contributed by atoms with E-state index in [0.29, 0.717) is 17.2 Å². The second-order valence-corrected chi connectivity index (χ2v) is 9.65. The van der Waals surface area contributed by atoms with Gasteiger partial charge in [-0.15, -0.1) is 0 Å². The number of anilines is 3. The number of rotatable bonds is 8. The monoisotopic (exact) mass is 506 g/mol. The van der Waals surface area contributed by atoms with Crippen molar-refractivity contribution in [2.45, 2.75) is 20.4 Å². The van der Waals surface area contributed by atoms with Crippen molar-refractivity contribution in [3.05, 3.63) is 102 Å². The van der Waals surface area contributed by atoms with Crippen molar-refractivity contribution < 1.29 is 4.79 Å². The number of carbonyl (C=O) groups is 1. The molecule has 0 bridgehead atoms. The first-order chi connectivity index (χ1) is 18.6. The van der Waals surface area contributed by atoms with Gasteiger partial charge in [-0.1, -0.05) is 55.5 Å². The molecule has 5 rings (SSSR count). The van der Waals surface area contributed by atoms with Crippen LogP contribution in [0.2, 0.25) is 0 Å². The van der Waals surface area contributed by atoms with Crippen LogP contribution in [0.1, 0.15) is 28.4 Å². The maximum Gasteiger partial charge on any atom is 0.255 e. The van der Waals surface area contributed by atoms with Gasteiger partial charge in [-0.3, -0.25) is 9.69 Å². The fraction of sp³-hybridized carbons (Fsp3) is 0.258. The van der Waals surface area contributed by atoms with Crippen molar-refractivity contribution in [3.63, 3.8) is 0 Å². The van der Waals surface area contributed by atoms with E-state index in [1.54, 1.807) is 6.20 Å². The van der Waals surface area contributed by atoms with E-state index >= 15 is 0 Å². The van der Waals surface area contributed by atoms with Gasteiger partial charge in [0.2, 0.25) is 5.95 Å². The normalized spacial score (nSPS) is 14.3. The van der Waals surface area contributed by atoms with Crippen LogP contribution < -0.4 is 10.6 Å². The summed E-state index contributed by atoms with van der Waals surface area (Å²) in [5, 5.41) is 6.33. The second kappa shape index (κ2) is 12.0. The Morgan fingerprint density at radius 2 is 1.63 bits per heavy atom. The predicted molar refractivity (Wildman–Crippen MR) is 154 cm³/mol. The topological polar surface area (TPSA) is 73.4 Å². The molecule has 38 heavy (non-hydrogen) atoms. The van der Waals surface area contributed by atoms with E-state index in [0.717, 1.165) is 61.8 Å². The van der Waals surface area contributed by atoms with Crippen LogP contribution in [-0.2, 0) is 6.54 Å². The highest BCUT2D eigenvalue weighted by Gasteiger charge is 2.16. The van der Waals surface area contributed by atoms with Crippen LogP contribution in [0, 0.1) is 6.92 Å². The van der Waals surface area contributed by atoms with Crippen molar-refractivity contribution in [3.8, 4) is 11.3 Å². The lowest BCUT2D eigenvalue weighted by molar-refractivity contribution is 0.102. The molecule has 1 amide bonds. The molecule has 0 unspecified atom stereocenters. The lowest BCUT2D eigenvalue weighted by Crippen LogP contribution is -2.45. The summed E-state index contributed by atoms with van der Waals surface area (Å²) in [4.78, 5) is 27.0. The Morgan fingerprint density at radius 1 is 0.895 bits per heavy atom. The third-order valence-electron chi connectivity index (χ3n) is 7.00. The summed E-state index contributed by atoms with van der Waals surface area (Å²) >= 11 is 0. The van der Waals surface area contributed by atoms with E-state index in [-0.39, 0.29) is 5.91 Å². The Kier molecular flexibility index (Phi) is 8.06. The molecule has 1 aliphatic heterocycles. The van der Waals surface area contributed by atoms with Crippen molar-refractivity contribution in [1.82, 2.24) is 19.8 Å². The summed E-state index contributed by atoms with van der Waals surface area (Å²) in [5.74, 6) is 0.370. The number of aromatic nitrogens is 2. The molecule has 1 fully saturated rings. The van der Waals surface area contributed by atoms with E-state index < -0.39 is 0 Å². The summed E-state index contributed by atoms with van der Waals surface area (Å²) < 4.78 is 0. The Hall–Kier alpha value is -4.07. The first-order valence-electron chi connectivity index (χ1n) is 13.2. The van der Waals surface area contributed by atoms with Gasteiger partial charge in [-0.25, -0.2) is 9.97 Å². The van der Waals surface area contributed by atoms with Gasteiger partial charge in [0.15, 0.2) is 0 Å². The first kappa shape index (κ1) is 25.6. The van der Waals surface area contributed by atoms with E-state index in [2.05, 4.69) is 49.5 Å². The van der Waals surface area contributed by atoms with Gasteiger partial charge in [0.1, 0.15) is 0 Å². The highest BCUT2D eigenvalue weighted by atomic mass is 16.1. The van der Waals surface area contributed by atoms with Crippen LogP contribution in [0.25, 0.3) is 11.3 Å². The number of piperazine rings is 1. The average Bonchev–Trinajstić information content (AvgIpc) is 2.96. The molecule has 0 atom stereocenters. The summed E-state index contributed by atoms with van der Waals surface area (Å²) in [6.45, 7) is 10.7. The Morgan fingerprint density at radius 3 is 2.37 bits per heavy atom. The lowest BCUT2D eigenvalue weighted by Gasteiger charge is -2.34. The number of benzene rings is 3. The molecule has 0 aliphatic carbocycles. The number of aryl methyl sites for hydroxylation is 1. The van der Waals surface area contributed by atoms with Gasteiger partial charge in [-0.2, -0.15) is 0 Å². The van der Waals surface area contributed by atoms with Crippen LogP contribution in [0.15, 0.2) is 85.1 Å². The third-order valence-corrected chi connectivity index (χ3v) is 7.00. The summed E-state index contributed by atoms with van der Waals surface area (Å²) in [6.07, 6.45) is 1.74.